The summed E-state index contributed by atoms with van der Waals surface area (Å²) in [5, 5.41) is 11.4. The first-order valence-electron chi connectivity index (χ1n) is 5.84. The molecule has 1 atom stereocenters. The molecule has 0 radical (unpaired) electrons. The van der Waals surface area contributed by atoms with Crippen LogP contribution in [0, 0.1) is 5.92 Å². The van der Waals surface area contributed by atoms with Crippen LogP contribution in [0.25, 0.3) is 0 Å². The van der Waals surface area contributed by atoms with Crippen LogP contribution in [0.3, 0.4) is 0 Å². The highest BCUT2D eigenvalue weighted by Gasteiger charge is 2.28. The maximum Gasteiger partial charge on any atom is 0.341 e. The Bertz CT molecular complexity index is 575. The maximum absolute atomic E-state index is 12.5. The quantitative estimate of drug-likeness (QED) is 0.807. The van der Waals surface area contributed by atoms with Crippen LogP contribution >= 0.6 is 0 Å². The lowest BCUT2D eigenvalue weighted by Gasteiger charge is -2.13. The minimum atomic E-state index is -4.69. The summed E-state index contributed by atoms with van der Waals surface area (Å²) >= 11 is 0. The largest absolute Gasteiger partial charge is 0.481 e. The average Bonchev–Trinajstić information content (AvgIpc) is 2.38. The zero-order chi connectivity index (χ0) is 15.3. The number of carboxylic acids is 1. The van der Waals surface area contributed by atoms with E-state index in [2.05, 4.69) is 5.32 Å². The number of benzene rings is 1. The molecule has 0 bridgehead atoms. The Kier molecular flexibility index (Phi) is 5.43. The van der Waals surface area contributed by atoms with Gasteiger partial charge in [-0.2, -0.15) is 8.78 Å². The Labute approximate surface area is 115 Å². The summed E-state index contributed by atoms with van der Waals surface area (Å²) in [5.74, 6) is -5.08. The lowest BCUT2D eigenvalue weighted by Crippen LogP contribution is -2.17. The Morgan fingerprint density at radius 1 is 1.35 bits per heavy atom. The minimum Gasteiger partial charge on any atom is -0.481 e. The van der Waals surface area contributed by atoms with Crippen LogP contribution in [0.5, 0.6) is 0 Å². The van der Waals surface area contributed by atoms with Crippen molar-refractivity contribution in [3.63, 3.8) is 0 Å². The van der Waals surface area contributed by atoms with E-state index in [1.54, 1.807) is 0 Å². The number of sulfone groups is 1. The van der Waals surface area contributed by atoms with Gasteiger partial charge in [0.25, 0.3) is 0 Å². The summed E-state index contributed by atoms with van der Waals surface area (Å²) in [5.41, 5.74) is 0.0467. The van der Waals surface area contributed by atoms with Crippen LogP contribution in [0.2, 0.25) is 0 Å². The normalized spacial score (nSPS) is 13.2. The van der Waals surface area contributed by atoms with Crippen molar-refractivity contribution in [1.82, 2.24) is 0 Å². The molecule has 1 aromatic carbocycles. The van der Waals surface area contributed by atoms with Gasteiger partial charge < -0.3 is 10.4 Å². The second-order valence-electron chi connectivity index (χ2n) is 4.26. The zero-order valence-corrected chi connectivity index (χ0v) is 11.5. The van der Waals surface area contributed by atoms with Crippen molar-refractivity contribution >= 4 is 21.5 Å². The Hall–Kier alpha value is -1.70. The molecule has 0 heterocycles. The monoisotopic (exact) mass is 307 g/mol. The second-order valence-corrected chi connectivity index (χ2v) is 6.14. The number of carboxylic acid groups (broad SMARTS) is 1. The van der Waals surface area contributed by atoms with Gasteiger partial charge >= 0.3 is 11.7 Å². The van der Waals surface area contributed by atoms with Crippen LogP contribution in [0.15, 0.2) is 29.2 Å². The summed E-state index contributed by atoms with van der Waals surface area (Å²) in [6.45, 7) is 1.68. The number of halogens is 2. The van der Waals surface area contributed by atoms with Crippen molar-refractivity contribution in [2.24, 2.45) is 5.92 Å². The SMILES string of the molecule is CC(CCNc1ccccc1S(=O)(=O)C(F)F)C(=O)O. The average molecular weight is 307 g/mol. The van der Waals surface area contributed by atoms with E-state index in [-0.39, 0.29) is 18.7 Å². The molecule has 0 saturated heterocycles. The van der Waals surface area contributed by atoms with Gasteiger partial charge in [0.2, 0.25) is 9.84 Å². The number of para-hydroxylation sites is 1. The molecule has 8 heteroatoms. The van der Waals surface area contributed by atoms with Crippen molar-refractivity contribution in [2.75, 3.05) is 11.9 Å². The van der Waals surface area contributed by atoms with Crippen molar-refractivity contribution in [3.8, 4) is 0 Å². The molecule has 0 aliphatic rings. The van der Waals surface area contributed by atoms with Crippen molar-refractivity contribution in [3.05, 3.63) is 24.3 Å². The van der Waals surface area contributed by atoms with E-state index in [0.29, 0.717) is 0 Å². The van der Waals surface area contributed by atoms with E-state index >= 15 is 0 Å². The maximum atomic E-state index is 12.5. The molecular weight excluding hydrogens is 292 g/mol. The van der Waals surface area contributed by atoms with Crippen LogP contribution in [-0.2, 0) is 14.6 Å². The number of rotatable bonds is 7. The predicted octanol–water partition coefficient (Wildman–Crippen LogP) is 2.21. The fourth-order valence-corrected chi connectivity index (χ4v) is 2.41. The van der Waals surface area contributed by atoms with E-state index in [1.807, 2.05) is 0 Å². The van der Waals surface area contributed by atoms with Crippen LogP contribution in [0.1, 0.15) is 13.3 Å². The van der Waals surface area contributed by atoms with E-state index in [9.17, 15) is 22.0 Å². The number of hydrogen-bond acceptors (Lipinski definition) is 4. The lowest BCUT2D eigenvalue weighted by atomic mass is 10.1. The Balaban J connectivity index is 2.85. The number of aliphatic carboxylic acids is 1. The third-order valence-corrected chi connectivity index (χ3v) is 4.18. The summed E-state index contributed by atoms with van der Waals surface area (Å²) in [4.78, 5) is 10.1. The molecule has 0 aliphatic heterocycles. The molecule has 1 unspecified atom stereocenters. The molecule has 0 amide bonds. The molecule has 112 valence electrons. The predicted molar refractivity (Wildman–Crippen MR) is 69.5 cm³/mol. The van der Waals surface area contributed by atoms with Gasteiger partial charge in [-0.3, -0.25) is 4.79 Å². The van der Waals surface area contributed by atoms with Gasteiger partial charge in [0, 0.05) is 6.54 Å². The van der Waals surface area contributed by atoms with E-state index in [0.717, 1.165) is 6.07 Å². The molecule has 0 fully saturated rings. The molecule has 20 heavy (non-hydrogen) atoms. The number of nitrogens with one attached hydrogen (secondary N) is 1. The molecule has 2 N–H and O–H groups in total. The van der Waals surface area contributed by atoms with Gasteiger partial charge in [0.15, 0.2) is 0 Å². The van der Waals surface area contributed by atoms with E-state index < -0.39 is 32.4 Å². The summed E-state index contributed by atoms with van der Waals surface area (Å²) in [6.07, 6.45) is 0.248. The molecule has 0 spiro atoms. The van der Waals surface area contributed by atoms with E-state index in [4.69, 9.17) is 5.11 Å². The molecular formula is C12H15F2NO4S. The molecule has 5 nitrogen and oxygen atoms in total. The summed E-state index contributed by atoms with van der Waals surface area (Å²) in [6, 6.07) is 5.30. The van der Waals surface area contributed by atoms with Gasteiger partial charge in [-0.1, -0.05) is 19.1 Å². The fraction of sp³-hybridized carbons (Fsp3) is 0.417. The third-order valence-electron chi connectivity index (χ3n) is 2.74. The van der Waals surface area contributed by atoms with Gasteiger partial charge in [0.1, 0.15) is 0 Å². The van der Waals surface area contributed by atoms with Crippen molar-refractivity contribution in [1.29, 1.82) is 0 Å². The van der Waals surface area contributed by atoms with Gasteiger partial charge in [-0.15, -0.1) is 0 Å². The minimum absolute atomic E-state index is 0.0467. The fourth-order valence-electron chi connectivity index (χ4n) is 1.50. The zero-order valence-electron chi connectivity index (χ0n) is 10.7. The third kappa shape index (κ3) is 3.89. The van der Waals surface area contributed by atoms with Crippen molar-refractivity contribution < 1.29 is 27.1 Å². The summed E-state index contributed by atoms with van der Waals surface area (Å²) < 4.78 is 48.0. The number of hydrogen-bond donors (Lipinski definition) is 2. The number of carbonyl (C=O) groups is 1. The highest BCUT2D eigenvalue weighted by molar-refractivity contribution is 7.91. The molecule has 0 aromatic heterocycles. The van der Waals surface area contributed by atoms with Crippen molar-refractivity contribution in [2.45, 2.75) is 24.0 Å². The van der Waals surface area contributed by atoms with Gasteiger partial charge in [-0.25, -0.2) is 8.42 Å². The first-order chi connectivity index (χ1) is 9.26. The van der Waals surface area contributed by atoms with Crippen LogP contribution in [-0.4, -0.2) is 31.8 Å². The highest BCUT2D eigenvalue weighted by Crippen LogP contribution is 2.26. The van der Waals surface area contributed by atoms with E-state index in [1.165, 1.54) is 25.1 Å². The Morgan fingerprint density at radius 3 is 2.50 bits per heavy atom. The highest BCUT2D eigenvalue weighted by atomic mass is 32.2. The Morgan fingerprint density at radius 2 is 1.95 bits per heavy atom. The first kappa shape index (κ1) is 16.4. The number of alkyl halides is 2. The molecule has 1 aromatic rings. The smallest absolute Gasteiger partial charge is 0.341 e. The van der Waals surface area contributed by atoms with Gasteiger partial charge in [-0.05, 0) is 18.6 Å². The first-order valence-corrected chi connectivity index (χ1v) is 7.39. The molecule has 0 aliphatic carbocycles. The lowest BCUT2D eigenvalue weighted by molar-refractivity contribution is -0.141. The second kappa shape index (κ2) is 6.65. The van der Waals surface area contributed by atoms with Gasteiger partial charge in [0.05, 0.1) is 16.5 Å². The molecule has 1 rings (SSSR count). The number of anilines is 1. The summed E-state index contributed by atoms with van der Waals surface area (Å²) in [7, 11) is -4.69. The molecule has 0 saturated carbocycles. The van der Waals surface area contributed by atoms with Crippen LogP contribution < -0.4 is 5.32 Å². The van der Waals surface area contributed by atoms with Crippen LogP contribution in [0.4, 0.5) is 14.5 Å². The topological polar surface area (TPSA) is 83.5 Å². The standard InChI is InChI=1S/C12H15F2NO4S/c1-8(11(16)17)6-7-15-9-4-2-3-5-10(9)20(18,19)12(13)14/h2-5,8,12,15H,6-7H2,1H3,(H,16,17).